The molecule has 0 heterocycles. The van der Waals surface area contributed by atoms with Crippen LogP contribution in [0.2, 0.25) is 0 Å². The number of aromatic hydroxyl groups is 1. The first-order valence-electron chi connectivity index (χ1n) is 5.79. The monoisotopic (exact) mass is 214 g/mol. The van der Waals surface area contributed by atoms with E-state index >= 15 is 0 Å². The summed E-state index contributed by atoms with van der Waals surface area (Å²) in [4.78, 5) is 0. The first-order valence-corrected chi connectivity index (χ1v) is 5.79. The molecule has 0 amide bonds. The zero-order chi connectivity index (χ0) is 11.8. The van der Waals surface area contributed by atoms with Crippen molar-refractivity contribution in [2.45, 2.75) is 33.1 Å². The summed E-state index contributed by atoms with van der Waals surface area (Å²) in [6.07, 6.45) is 0.967. The van der Waals surface area contributed by atoms with Gasteiger partial charge in [0.25, 0.3) is 0 Å². The fourth-order valence-electron chi connectivity index (χ4n) is 2.77. The maximum Gasteiger partial charge on any atom is 0.115 e. The average Bonchev–Trinajstić information content (AvgIpc) is 2.19. The molecule has 1 aliphatic rings. The van der Waals surface area contributed by atoms with Gasteiger partial charge in [0.1, 0.15) is 5.75 Å². The summed E-state index contributed by atoms with van der Waals surface area (Å²) >= 11 is 0. The number of hydrogen-bond donors (Lipinski definition) is 1. The van der Waals surface area contributed by atoms with Crippen LogP contribution in [0.4, 0.5) is 0 Å². The Morgan fingerprint density at radius 1 is 1.25 bits per heavy atom. The smallest absolute Gasteiger partial charge is 0.115 e. The van der Waals surface area contributed by atoms with Crippen molar-refractivity contribution in [3.63, 3.8) is 0 Å². The van der Waals surface area contributed by atoms with Crippen LogP contribution in [0.25, 0.3) is 0 Å². The Kier molecular flexibility index (Phi) is 2.68. The maximum atomic E-state index is 9.32. The zero-order valence-corrected chi connectivity index (χ0v) is 10.1. The largest absolute Gasteiger partial charge is 0.508 e. The average molecular weight is 214 g/mol. The molecule has 0 saturated carbocycles. The Labute approximate surface area is 97.5 Å². The third-order valence-electron chi connectivity index (χ3n) is 3.43. The minimum absolute atomic E-state index is 0.0225. The molecule has 0 aromatic heterocycles. The van der Waals surface area contributed by atoms with Gasteiger partial charge in [0.15, 0.2) is 0 Å². The van der Waals surface area contributed by atoms with Gasteiger partial charge in [0.2, 0.25) is 0 Å². The van der Waals surface area contributed by atoms with Crippen molar-refractivity contribution in [2.24, 2.45) is 11.3 Å². The molecule has 0 aliphatic heterocycles. The Bertz CT molecular complexity index is 431. The summed E-state index contributed by atoms with van der Waals surface area (Å²) in [7, 11) is 0. The molecule has 0 saturated heterocycles. The lowest BCUT2D eigenvalue weighted by Gasteiger charge is -2.37. The van der Waals surface area contributed by atoms with Crippen LogP contribution in [0, 0.1) is 23.2 Å². The fraction of sp³-hybridized carbons (Fsp3) is 0.467. The molecule has 2 rings (SSSR count). The van der Waals surface area contributed by atoms with Crippen molar-refractivity contribution in [2.75, 3.05) is 0 Å². The molecule has 0 fully saturated rings. The number of rotatable bonds is 1. The highest BCUT2D eigenvalue weighted by Crippen LogP contribution is 2.44. The van der Waals surface area contributed by atoms with Crippen LogP contribution in [0.15, 0.2) is 24.3 Å². The quantitative estimate of drug-likeness (QED) is 0.709. The van der Waals surface area contributed by atoms with E-state index in [4.69, 9.17) is 0 Å². The van der Waals surface area contributed by atoms with E-state index in [1.807, 2.05) is 12.1 Å². The zero-order valence-electron chi connectivity index (χ0n) is 10.1. The second-order valence-electron chi connectivity index (χ2n) is 5.27. The lowest BCUT2D eigenvalue weighted by molar-refractivity contribution is 0.287. The van der Waals surface area contributed by atoms with E-state index in [1.165, 1.54) is 5.56 Å². The molecule has 1 nitrogen and oxygen atoms in total. The summed E-state index contributed by atoms with van der Waals surface area (Å²) in [5, 5.41) is 9.32. The molecule has 0 radical (unpaired) electrons. The molecule has 2 atom stereocenters. The first kappa shape index (κ1) is 11.1. The summed E-state index contributed by atoms with van der Waals surface area (Å²) in [6.45, 7) is 6.66. The number of hydrogen-bond acceptors (Lipinski definition) is 1. The molecule has 1 N–H and O–H groups in total. The Balaban J connectivity index is 2.40. The van der Waals surface area contributed by atoms with Gasteiger partial charge in [-0.25, -0.2) is 0 Å². The molecule has 0 spiro atoms. The van der Waals surface area contributed by atoms with E-state index in [0.717, 1.165) is 6.42 Å². The molecule has 1 heteroatoms. The molecular formula is C15H18O. The van der Waals surface area contributed by atoms with Crippen LogP contribution in [0.3, 0.4) is 0 Å². The van der Waals surface area contributed by atoms with Crippen LogP contribution in [0.1, 0.15) is 38.7 Å². The standard InChI is InChI=1S/C15H18O/c1-11-5-4-10-15(2,3)14(11)12-6-8-13(16)9-7-12/h6-9,11,14,16H,5H2,1-3H3. The highest BCUT2D eigenvalue weighted by molar-refractivity contribution is 5.34. The highest BCUT2D eigenvalue weighted by atomic mass is 16.3. The van der Waals surface area contributed by atoms with Gasteiger partial charge < -0.3 is 5.11 Å². The van der Waals surface area contributed by atoms with Gasteiger partial charge in [-0.05, 0) is 37.5 Å². The van der Waals surface area contributed by atoms with Gasteiger partial charge in [0, 0.05) is 17.8 Å². The lowest BCUT2D eigenvalue weighted by atomic mass is 9.66. The van der Waals surface area contributed by atoms with Crippen LogP contribution >= 0.6 is 0 Å². The third kappa shape index (κ3) is 1.93. The maximum absolute atomic E-state index is 9.32. The summed E-state index contributed by atoms with van der Waals surface area (Å²) in [5.41, 5.74) is 1.30. The summed E-state index contributed by atoms with van der Waals surface area (Å²) < 4.78 is 0. The molecular weight excluding hydrogens is 196 g/mol. The molecule has 1 aromatic rings. The second-order valence-corrected chi connectivity index (χ2v) is 5.27. The van der Waals surface area contributed by atoms with Crippen LogP contribution in [-0.4, -0.2) is 5.11 Å². The van der Waals surface area contributed by atoms with Crippen LogP contribution < -0.4 is 0 Å². The Morgan fingerprint density at radius 3 is 2.44 bits per heavy atom. The predicted octanol–water partition coefficient (Wildman–Crippen LogP) is 3.55. The van der Waals surface area contributed by atoms with Crippen LogP contribution in [0.5, 0.6) is 5.75 Å². The summed E-state index contributed by atoms with van der Waals surface area (Å²) in [6, 6.07) is 7.57. The van der Waals surface area contributed by atoms with Gasteiger partial charge in [-0.3, -0.25) is 0 Å². The second kappa shape index (κ2) is 3.87. The van der Waals surface area contributed by atoms with E-state index < -0.39 is 0 Å². The molecule has 84 valence electrons. The van der Waals surface area contributed by atoms with Gasteiger partial charge in [-0.1, -0.05) is 25.0 Å². The van der Waals surface area contributed by atoms with E-state index in [-0.39, 0.29) is 5.41 Å². The third-order valence-corrected chi connectivity index (χ3v) is 3.43. The number of benzene rings is 1. The first-order chi connectivity index (χ1) is 7.50. The Morgan fingerprint density at radius 2 is 1.88 bits per heavy atom. The minimum Gasteiger partial charge on any atom is -0.508 e. The highest BCUT2D eigenvalue weighted by Gasteiger charge is 2.35. The molecule has 0 bridgehead atoms. The van der Waals surface area contributed by atoms with E-state index in [2.05, 4.69) is 32.6 Å². The van der Waals surface area contributed by atoms with Gasteiger partial charge in [-0.2, -0.15) is 0 Å². The lowest BCUT2D eigenvalue weighted by Crippen LogP contribution is -2.28. The minimum atomic E-state index is 0.0225. The molecule has 2 unspecified atom stereocenters. The van der Waals surface area contributed by atoms with Crippen molar-refractivity contribution in [1.29, 1.82) is 0 Å². The predicted molar refractivity (Wildman–Crippen MR) is 66.2 cm³/mol. The van der Waals surface area contributed by atoms with Gasteiger partial charge in [0.05, 0.1) is 0 Å². The van der Waals surface area contributed by atoms with Crippen molar-refractivity contribution in [3.8, 4) is 17.6 Å². The van der Waals surface area contributed by atoms with Crippen molar-refractivity contribution < 1.29 is 5.11 Å². The molecule has 1 aromatic carbocycles. The van der Waals surface area contributed by atoms with E-state index in [9.17, 15) is 5.11 Å². The van der Waals surface area contributed by atoms with Crippen LogP contribution in [-0.2, 0) is 0 Å². The van der Waals surface area contributed by atoms with E-state index in [1.54, 1.807) is 12.1 Å². The number of phenolic OH excluding ortho intramolecular Hbond substituents is 1. The summed E-state index contributed by atoms with van der Waals surface area (Å²) in [5.74, 6) is 7.93. The topological polar surface area (TPSA) is 20.2 Å². The fourth-order valence-corrected chi connectivity index (χ4v) is 2.77. The van der Waals surface area contributed by atoms with Crippen molar-refractivity contribution in [3.05, 3.63) is 29.8 Å². The molecule has 16 heavy (non-hydrogen) atoms. The van der Waals surface area contributed by atoms with E-state index in [0.29, 0.717) is 17.6 Å². The normalized spacial score (nSPS) is 26.9. The Hall–Kier alpha value is -1.42. The van der Waals surface area contributed by atoms with Crippen molar-refractivity contribution in [1.82, 2.24) is 0 Å². The molecule has 1 aliphatic carbocycles. The van der Waals surface area contributed by atoms with Crippen molar-refractivity contribution >= 4 is 0 Å². The SMILES string of the molecule is CC1CC#CC(C)(C)C1c1ccc(O)cc1. The number of phenols is 1. The van der Waals surface area contributed by atoms with Gasteiger partial charge >= 0.3 is 0 Å². The van der Waals surface area contributed by atoms with Gasteiger partial charge in [-0.15, -0.1) is 5.92 Å².